The first kappa shape index (κ1) is 23.3. The van der Waals surface area contributed by atoms with Gasteiger partial charge in [-0.1, -0.05) is 48.5 Å². The predicted molar refractivity (Wildman–Crippen MR) is 129 cm³/mol. The van der Waals surface area contributed by atoms with Gasteiger partial charge in [-0.3, -0.25) is 9.78 Å². The first-order valence-corrected chi connectivity index (χ1v) is 10.7. The van der Waals surface area contributed by atoms with Crippen molar-refractivity contribution >= 4 is 17.6 Å². The Bertz CT molecular complexity index is 1080. The lowest BCUT2D eigenvalue weighted by molar-refractivity contribution is -0.123. The van der Waals surface area contributed by atoms with E-state index in [9.17, 15) is 4.79 Å². The van der Waals surface area contributed by atoms with Gasteiger partial charge in [-0.15, -0.1) is 4.99 Å². The predicted octanol–water partition coefficient (Wildman–Crippen LogP) is 3.56. The fraction of sp³-hybridized carbons (Fsp3) is 0.200. The number of hydrogen-bond donors (Lipinski definition) is 3. The zero-order valence-electron chi connectivity index (χ0n) is 18.2. The SMILES string of the molecule is N#C/N=C(/NCCCCNC(=O)COc1ccccc1-c1ccccc1)Nc1ccncc1. The molecule has 0 atom stereocenters. The van der Waals surface area contributed by atoms with Gasteiger partial charge >= 0.3 is 0 Å². The maximum Gasteiger partial charge on any atom is 0.257 e. The number of ether oxygens (including phenoxy) is 1. The van der Waals surface area contributed by atoms with Crippen molar-refractivity contribution in [1.82, 2.24) is 15.6 Å². The molecule has 3 aromatic rings. The molecule has 0 aliphatic carbocycles. The standard InChI is InChI=1S/C25H26N6O2/c26-19-30-25(31-21-12-16-27-17-13-21)29-15-7-6-14-28-24(32)18-33-23-11-5-4-10-22(23)20-8-2-1-3-9-20/h1-5,8-13,16-17H,6-7,14-15,18H2,(H,28,32)(H2,27,29,30,31). The molecule has 33 heavy (non-hydrogen) atoms. The van der Waals surface area contributed by atoms with Crippen LogP contribution in [0.25, 0.3) is 11.1 Å². The number of guanidine groups is 1. The molecule has 0 spiro atoms. The van der Waals surface area contributed by atoms with Crippen LogP contribution in [0, 0.1) is 11.5 Å². The van der Waals surface area contributed by atoms with Gasteiger partial charge in [-0.25, -0.2) is 0 Å². The second-order valence-electron chi connectivity index (χ2n) is 7.06. The summed E-state index contributed by atoms with van der Waals surface area (Å²) >= 11 is 0. The number of hydrogen-bond acceptors (Lipinski definition) is 5. The van der Waals surface area contributed by atoms with E-state index in [4.69, 9.17) is 10.00 Å². The number of nitrogens with one attached hydrogen (secondary N) is 3. The molecule has 8 nitrogen and oxygen atoms in total. The number of aromatic nitrogens is 1. The summed E-state index contributed by atoms with van der Waals surface area (Å²) in [5.74, 6) is 0.879. The molecule has 0 saturated carbocycles. The van der Waals surface area contributed by atoms with Crippen molar-refractivity contribution in [3.8, 4) is 23.1 Å². The Morgan fingerprint density at radius 1 is 0.939 bits per heavy atom. The van der Waals surface area contributed by atoms with Gasteiger partial charge in [0.25, 0.3) is 5.91 Å². The van der Waals surface area contributed by atoms with Gasteiger partial charge < -0.3 is 20.7 Å². The Morgan fingerprint density at radius 3 is 2.39 bits per heavy atom. The fourth-order valence-electron chi connectivity index (χ4n) is 3.06. The Morgan fingerprint density at radius 2 is 1.64 bits per heavy atom. The minimum atomic E-state index is -0.170. The highest BCUT2D eigenvalue weighted by atomic mass is 16.5. The number of nitriles is 1. The molecular formula is C25H26N6O2. The number of benzene rings is 2. The number of anilines is 1. The van der Waals surface area contributed by atoms with Crippen LogP contribution < -0.4 is 20.7 Å². The summed E-state index contributed by atoms with van der Waals surface area (Å²) in [5.41, 5.74) is 2.78. The zero-order chi connectivity index (χ0) is 23.1. The average molecular weight is 443 g/mol. The molecule has 1 aromatic heterocycles. The van der Waals surface area contributed by atoms with E-state index < -0.39 is 0 Å². The lowest BCUT2D eigenvalue weighted by atomic mass is 10.1. The Labute approximate surface area is 193 Å². The third kappa shape index (κ3) is 7.99. The molecule has 1 heterocycles. The number of nitrogens with zero attached hydrogens (tertiary/aromatic N) is 3. The highest BCUT2D eigenvalue weighted by Crippen LogP contribution is 2.29. The van der Waals surface area contributed by atoms with E-state index in [-0.39, 0.29) is 12.5 Å². The van der Waals surface area contributed by atoms with Crippen LogP contribution in [0.5, 0.6) is 5.75 Å². The lowest BCUT2D eigenvalue weighted by Gasteiger charge is -2.12. The number of unbranched alkanes of at least 4 members (excludes halogenated alkanes) is 1. The van der Waals surface area contributed by atoms with Gasteiger partial charge in [-0.05, 0) is 36.6 Å². The van der Waals surface area contributed by atoms with Gasteiger partial charge in [0, 0.05) is 36.7 Å². The van der Waals surface area contributed by atoms with Gasteiger partial charge in [0.2, 0.25) is 12.2 Å². The minimum absolute atomic E-state index is 0.0447. The van der Waals surface area contributed by atoms with E-state index in [0.29, 0.717) is 24.8 Å². The van der Waals surface area contributed by atoms with E-state index in [1.54, 1.807) is 30.7 Å². The van der Waals surface area contributed by atoms with E-state index >= 15 is 0 Å². The van der Waals surface area contributed by atoms with Gasteiger partial charge in [0.05, 0.1) is 0 Å². The van der Waals surface area contributed by atoms with Crippen LogP contribution in [0.1, 0.15) is 12.8 Å². The fourth-order valence-corrected chi connectivity index (χ4v) is 3.06. The molecule has 1 amide bonds. The third-order valence-electron chi connectivity index (χ3n) is 4.65. The normalized spacial score (nSPS) is 10.7. The van der Waals surface area contributed by atoms with Gasteiger partial charge in [-0.2, -0.15) is 5.26 Å². The van der Waals surface area contributed by atoms with Crippen LogP contribution in [-0.4, -0.2) is 36.5 Å². The van der Waals surface area contributed by atoms with Crippen LogP contribution >= 0.6 is 0 Å². The molecule has 0 aliphatic rings. The molecule has 3 rings (SSSR count). The number of pyridine rings is 1. The Hall–Kier alpha value is -4.38. The lowest BCUT2D eigenvalue weighted by Crippen LogP contribution is -2.32. The van der Waals surface area contributed by atoms with Crippen LogP contribution in [-0.2, 0) is 4.79 Å². The summed E-state index contributed by atoms with van der Waals surface area (Å²) in [4.78, 5) is 19.9. The van der Waals surface area contributed by atoms with E-state index in [1.165, 1.54) is 0 Å². The summed E-state index contributed by atoms with van der Waals surface area (Å²) in [7, 11) is 0. The smallest absolute Gasteiger partial charge is 0.257 e. The minimum Gasteiger partial charge on any atom is -0.483 e. The third-order valence-corrected chi connectivity index (χ3v) is 4.65. The Balaban J connectivity index is 1.34. The largest absolute Gasteiger partial charge is 0.483 e. The molecule has 168 valence electrons. The molecule has 0 saturated heterocycles. The maximum atomic E-state index is 12.2. The van der Waals surface area contributed by atoms with Crippen LogP contribution in [0.2, 0.25) is 0 Å². The number of carbonyl (C=O) groups is 1. The average Bonchev–Trinajstić information content (AvgIpc) is 2.86. The number of para-hydroxylation sites is 1. The van der Waals surface area contributed by atoms with E-state index in [2.05, 4.69) is 25.9 Å². The van der Waals surface area contributed by atoms with Crippen molar-refractivity contribution in [3.05, 3.63) is 79.1 Å². The van der Waals surface area contributed by atoms with Crippen molar-refractivity contribution in [2.75, 3.05) is 25.0 Å². The first-order chi connectivity index (χ1) is 16.3. The number of rotatable bonds is 10. The molecule has 2 aromatic carbocycles. The van der Waals surface area contributed by atoms with Gasteiger partial charge in [0.1, 0.15) is 5.75 Å². The maximum absolute atomic E-state index is 12.2. The molecule has 0 fully saturated rings. The first-order valence-electron chi connectivity index (χ1n) is 10.7. The summed E-state index contributed by atoms with van der Waals surface area (Å²) in [6.45, 7) is 1.10. The highest BCUT2D eigenvalue weighted by Gasteiger charge is 2.08. The van der Waals surface area contributed by atoms with Crippen molar-refractivity contribution in [1.29, 1.82) is 5.26 Å². The summed E-state index contributed by atoms with van der Waals surface area (Å²) in [6.07, 6.45) is 6.64. The van der Waals surface area contributed by atoms with Crippen molar-refractivity contribution in [2.45, 2.75) is 12.8 Å². The topological polar surface area (TPSA) is 111 Å². The zero-order valence-corrected chi connectivity index (χ0v) is 18.2. The van der Waals surface area contributed by atoms with E-state index in [1.807, 2.05) is 54.6 Å². The van der Waals surface area contributed by atoms with Crippen LogP contribution in [0.3, 0.4) is 0 Å². The van der Waals surface area contributed by atoms with E-state index in [0.717, 1.165) is 29.7 Å². The molecular weight excluding hydrogens is 416 g/mol. The number of aliphatic imine (C=N–C) groups is 1. The molecule has 0 unspecified atom stereocenters. The summed E-state index contributed by atoms with van der Waals surface area (Å²) in [6, 6.07) is 21.2. The highest BCUT2D eigenvalue weighted by molar-refractivity contribution is 5.94. The monoisotopic (exact) mass is 442 g/mol. The van der Waals surface area contributed by atoms with Crippen LogP contribution in [0.15, 0.2) is 84.1 Å². The molecule has 0 radical (unpaired) electrons. The molecule has 8 heteroatoms. The van der Waals surface area contributed by atoms with Crippen molar-refractivity contribution < 1.29 is 9.53 Å². The molecule has 0 aliphatic heterocycles. The molecule has 3 N–H and O–H groups in total. The number of carbonyl (C=O) groups excluding carboxylic acids is 1. The van der Waals surface area contributed by atoms with Gasteiger partial charge in [0.15, 0.2) is 6.61 Å². The number of amides is 1. The molecule has 0 bridgehead atoms. The quantitative estimate of drug-likeness (QED) is 0.192. The second-order valence-corrected chi connectivity index (χ2v) is 7.06. The second kappa shape index (κ2) is 13.1. The summed E-state index contributed by atoms with van der Waals surface area (Å²) in [5, 5.41) is 17.8. The van der Waals surface area contributed by atoms with Crippen molar-refractivity contribution in [3.63, 3.8) is 0 Å². The van der Waals surface area contributed by atoms with Crippen LogP contribution in [0.4, 0.5) is 5.69 Å². The Kier molecular flexibility index (Phi) is 9.26. The van der Waals surface area contributed by atoms with Crippen molar-refractivity contribution in [2.24, 2.45) is 4.99 Å². The summed E-state index contributed by atoms with van der Waals surface area (Å²) < 4.78 is 5.76.